The molecule has 0 spiro atoms. The van der Waals surface area contributed by atoms with Gasteiger partial charge >= 0.3 is 5.97 Å². The summed E-state index contributed by atoms with van der Waals surface area (Å²) in [5.74, 6) is 0.418. The first kappa shape index (κ1) is 13.9. The Morgan fingerprint density at radius 1 is 1.11 bits per heavy atom. The number of hydrogen-bond donors (Lipinski definition) is 0. The van der Waals surface area contributed by atoms with E-state index in [4.69, 9.17) is 9.47 Å². The van der Waals surface area contributed by atoms with Crippen molar-refractivity contribution in [1.82, 2.24) is 0 Å². The molecule has 0 saturated carbocycles. The summed E-state index contributed by atoms with van der Waals surface area (Å²) in [5, 5.41) is 0. The second kappa shape index (κ2) is 6.06. The van der Waals surface area contributed by atoms with Crippen LogP contribution in [0.25, 0.3) is 11.1 Å². The maximum absolute atomic E-state index is 11.8. The number of carbonyl (C=O) groups is 1. The maximum atomic E-state index is 11.8. The summed E-state index contributed by atoms with van der Waals surface area (Å²) in [6, 6.07) is 13.2. The molecule has 0 saturated heterocycles. The highest BCUT2D eigenvalue weighted by Gasteiger charge is 2.14. The molecule has 0 amide bonds. The van der Waals surface area contributed by atoms with Gasteiger partial charge in [0, 0.05) is 3.57 Å². The predicted octanol–water partition coefficient (Wildman–Crippen LogP) is 3.75. The maximum Gasteiger partial charge on any atom is 0.338 e. The summed E-state index contributed by atoms with van der Waals surface area (Å²) in [7, 11) is 3.00. The fraction of sp³-hybridized carbons (Fsp3) is 0.133. The van der Waals surface area contributed by atoms with Gasteiger partial charge in [0.25, 0.3) is 0 Å². The van der Waals surface area contributed by atoms with Gasteiger partial charge in [-0.05, 0) is 64.0 Å². The van der Waals surface area contributed by atoms with Crippen LogP contribution in [0.1, 0.15) is 10.4 Å². The van der Waals surface area contributed by atoms with Gasteiger partial charge in [0.2, 0.25) is 0 Å². The van der Waals surface area contributed by atoms with Crippen molar-refractivity contribution in [3.05, 3.63) is 51.6 Å². The molecule has 19 heavy (non-hydrogen) atoms. The van der Waals surface area contributed by atoms with Crippen molar-refractivity contribution in [3.8, 4) is 16.9 Å². The van der Waals surface area contributed by atoms with Crippen molar-refractivity contribution in [2.45, 2.75) is 0 Å². The summed E-state index contributed by atoms with van der Waals surface area (Å²) < 4.78 is 11.1. The molecule has 3 nitrogen and oxygen atoms in total. The zero-order valence-electron chi connectivity index (χ0n) is 10.6. The van der Waals surface area contributed by atoms with Gasteiger partial charge in [-0.1, -0.05) is 12.1 Å². The monoisotopic (exact) mass is 368 g/mol. The number of methoxy groups -OCH3 is 2. The van der Waals surface area contributed by atoms with Crippen molar-refractivity contribution < 1.29 is 14.3 Å². The van der Waals surface area contributed by atoms with Crippen molar-refractivity contribution in [3.63, 3.8) is 0 Å². The van der Waals surface area contributed by atoms with Crippen LogP contribution >= 0.6 is 22.6 Å². The first-order valence-corrected chi connectivity index (χ1v) is 6.76. The molecule has 0 radical (unpaired) electrons. The van der Waals surface area contributed by atoms with E-state index in [1.54, 1.807) is 13.2 Å². The van der Waals surface area contributed by atoms with Gasteiger partial charge in [-0.2, -0.15) is 0 Å². The highest BCUT2D eigenvalue weighted by atomic mass is 127. The Hall–Kier alpha value is -1.56. The zero-order valence-corrected chi connectivity index (χ0v) is 12.8. The standard InChI is InChI=1S/C15H13IO3/c1-18-12-5-3-4-10(8-12)14-9-11(16)6-7-13(14)15(17)19-2/h3-9H,1-2H3. The Morgan fingerprint density at radius 2 is 1.89 bits per heavy atom. The van der Waals surface area contributed by atoms with Crippen LogP contribution in [0.2, 0.25) is 0 Å². The van der Waals surface area contributed by atoms with E-state index in [1.165, 1.54) is 7.11 Å². The van der Waals surface area contributed by atoms with Gasteiger partial charge in [-0.3, -0.25) is 0 Å². The number of halogens is 1. The molecule has 0 fully saturated rings. The summed E-state index contributed by atoms with van der Waals surface area (Å²) in [4.78, 5) is 11.8. The Bertz CT molecular complexity index is 608. The van der Waals surface area contributed by atoms with Crippen LogP contribution in [0.15, 0.2) is 42.5 Å². The average Bonchev–Trinajstić information content (AvgIpc) is 2.46. The van der Waals surface area contributed by atoms with Gasteiger partial charge in [-0.25, -0.2) is 4.79 Å². The van der Waals surface area contributed by atoms with Crippen molar-refractivity contribution >= 4 is 28.6 Å². The lowest BCUT2D eigenvalue weighted by Crippen LogP contribution is -2.03. The molecule has 0 aliphatic heterocycles. The molecule has 0 aromatic heterocycles. The molecule has 2 aromatic rings. The quantitative estimate of drug-likeness (QED) is 0.612. The molecule has 4 heteroatoms. The minimum Gasteiger partial charge on any atom is -0.497 e. The number of esters is 1. The Kier molecular flexibility index (Phi) is 4.42. The molecule has 0 heterocycles. The van der Waals surface area contributed by atoms with Crippen LogP contribution in [-0.4, -0.2) is 20.2 Å². The van der Waals surface area contributed by atoms with Crippen LogP contribution in [0, 0.1) is 3.57 Å². The van der Waals surface area contributed by atoms with Crippen LogP contribution in [0.4, 0.5) is 0 Å². The third kappa shape index (κ3) is 3.07. The second-order valence-corrected chi connectivity index (χ2v) is 5.16. The van der Waals surface area contributed by atoms with Crippen LogP contribution in [-0.2, 0) is 4.74 Å². The molecular weight excluding hydrogens is 355 g/mol. The van der Waals surface area contributed by atoms with E-state index in [2.05, 4.69) is 22.6 Å². The van der Waals surface area contributed by atoms with E-state index in [0.717, 1.165) is 20.4 Å². The summed E-state index contributed by atoms with van der Waals surface area (Å²) in [6.07, 6.45) is 0. The molecule has 0 unspecified atom stereocenters. The van der Waals surface area contributed by atoms with Crippen molar-refractivity contribution in [2.75, 3.05) is 14.2 Å². The number of carbonyl (C=O) groups excluding carboxylic acids is 1. The fourth-order valence-electron chi connectivity index (χ4n) is 1.83. The number of ether oxygens (including phenoxy) is 2. The number of rotatable bonds is 3. The highest BCUT2D eigenvalue weighted by Crippen LogP contribution is 2.29. The Labute approximate surface area is 125 Å². The molecule has 0 bridgehead atoms. The normalized spacial score (nSPS) is 10.1. The van der Waals surface area contributed by atoms with Crippen LogP contribution in [0.3, 0.4) is 0 Å². The lowest BCUT2D eigenvalue weighted by molar-refractivity contribution is 0.0601. The fourth-order valence-corrected chi connectivity index (χ4v) is 2.33. The van der Waals surface area contributed by atoms with E-state index in [1.807, 2.05) is 36.4 Å². The molecule has 0 atom stereocenters. The van der Waals surface area contributed by atoms with Crippen LogP contribution < -0.4 is 4.74 Å². The third-order valence-corrected chi connectivity index (χ3v) is 3.44. The SMILES string of the molecule is COC(=O)c1ccc(I)cc1-c1cccc(OC)c1. The molecule has 2 rings (SSSR count). The van der Waals surface area contributed by atoms with E-state index >= 15 is 0 Å². The lowest BCUT2D eigenvalue weighted by atomic mass is 9.99. The van der Waals surface area contributed by atoms with Gasteiger partial charge in [-0.15, -0.1) is 0 Å². The zero-order chi connectivity index (χ0) is 13.8. The molecule has 0 aliphatic carbocycles. The molecule has 98 valence electrons. The average molecular weight is 368 g/mol. The lowest BCUT2D eigenvalue weighted by Gasteiger charge is -2.10. The van der Waals surface area contributed by atoms with E-state index in [-0.39, 0.29) is 5.97 Å². The largest absolute Gasteiger partial charge is 0.497 e. The summed E-state index contributed by atoms with van der Waals surface area (Å²) in [5.41, 5.74) is 2.33. The summed E-state index contributed by atoms with van der Waals surface area (Å²) in [6.45, 7) is 0. The van der Waals surface area contributed by atoms with Gasteiger partial charge in [0.15, 0.2) is 0 Å². The van der Waals surface area contributed by atoms with Crippen molar-refractivity contribution in [1.29, 1.82) is 0 Å². The topological polar surface area (TPSA) is 35.5 Å². The smallest absolute Gasteiger partial charge is 0.338 e. The molecule has 0 N–H and O–H groups in total. The Balaban J connectivity index is 2.59. The van der Waals surface area contributed by atoms with E-state index in [9.17, 15) is 4.79 Å². The highest BCUT2D eigenvalue weighted by molar-refractivity contribution is 14.1. The molecule has 2 aromatic carbocycles. The van der Waals surface area contributed by atoms with Gasteiger partial charge in [0.05, 0.1) is 19.8 Å². The second-order valence-electron chi connectivity index (χ2n) is 3.91. The van der Waals surface area contributed by atoms with E-state index in [0.29, 0.717) is 5.56 Å². The summed E-state index contributed by atoms with van der Waals surface area (Å²) >= 11 is 2.22. The van der Waals surface area contributed by atoms with Gasteiger partial charge < -0.3 is 9.47 Å². The predicted molar refractivity (Wildman–Crippen MR) is 82.5 cm³/mol. The first-order chi connectivity index (χ1) is 9.15. The number of benzene rings is 2. The molecule has 0 aliphatic rings. The third-order valence-electron chi connectivity index (χ3n) is 2.77. The molecular formula is C15H13IO3. The minimum absolute atomic E-state index is 0.339. The Morgan fingerprint density at radius 3 is 2.58 bits per heavy atom. The van der Waals surface area contributed by atoms with Crippen LogP contribution in [0.5, 0.6) is 5.75 Å². The number of hydrogen-bond acceptors (Lipinski definition) is 3. The first-order valence-electron chi connectivity index (χ1n) is 5.68. The minimum atomic E-state index is -0.339. The van der Waals surface area contributed by atoms with E-state index < -0.39 is 0 Å². The van der Waals surface area contributed by atoms with Gasteiger partial charge in [0.1, 0.15) is 5.75 Å². The van der Waals surface area contributed by atoms with Crippen molar-refractivity contribution in [2.24, 2.45) is 0 Å².